The quantitative estimate of drug-likeness (QED) is 0.727. The Balaban J connectivity index is 0.00000208. The number of benzene rings is 1. The first-order valence-electron chi connectivity index (χ1n) is 7.21. The minimum atomic E-state index is -0.359. The van der Waals surface area contributed by atoms with Crippen LogP contribution in [0.2, 0.25) is 0 Å². The third-order valence-corrected chi connectivity index (χ3v) is 4.50. The topological polar surface area (TPSA) is 93.5 Å². The van der Waals surface area contributed by atoms with E-state index in [1.165, 1.54) is 17.5 Å². The van der Waals surface area contributed by atoms with Crippen LogP contribution >= 0.6 is 23.7 Å². The van der Waals surface area contributed by atoms with Crippen molar-refractivity contribution in [2.75, 3.05) is 0 Å². The lowest BCUT2D eigenvalue weighted by Gasteiger charge is -2.23. The van der Waals surface area contributed by atoms with Gasteiger partial charge >= 0.3 is 0 Å². The van der Waals surface area contributed by atoms with Gasteiger partial charge in [0.1, 0.15) is 11.9 Å². The van der Waals surface area contributed by atoms with Crippen LogP contribution in [0.4, 0.5) is 0 Å². The van der Waals surface area contributed by atoms with Crippen LogP contribution in [0, 0.1) is 0 Å². The summed E-state index contributed by atoms with van der Waals surface area (Å²) in [6, 6.07) is 3.79. The van der Waals surface area contributed by atoms with Crippen LogP contribution in [-0.4, -0.2) is 19.7 Å². The molecule has 0 saturated heterocycles. The molecule has 2 aromatic heterocycles. The largest absolute Gasteiger partial charge is 0.507 e. The fourth-order valence-electron chi connectivity index (χ4n) is 2.49. The molecule has 3 N–H and O–H groups in total. The molecule has 8 heteroatoms. The number of phenols is 1. The van der Waals surface area contributed by atoms with Crippen LogP contribution in [0.15, 0.2) is 28.5 Å². The van der Waals surface area contributed by atoms with Crippen molar-refractivity contribution in [1.82, 2.24) is 14.6 Å². The van der Waals surface area contributed by atoms with Gasteiger partial charge in [-0.3, -0.25) is 4.79 Å². The van der Waals surface area contributed by atoms with Crippen LogP contribution < -0.4 is 11.3 Å². The minimum Gasteiger partial charge on any atom is -0.507 e. The molecule has 0 amide bonds. The Labute approximate surface area is 149 Å². The first-order valence-corrected chi connectivity index (χ1v) is 8.09. The second-order valence-corrected chi connectivity index (χ2v) is 7.23. The van der Waals surface area contributed by atoms with Crippen LogP contribution in [-0.2, 0) is 12.0 Å². The third-order valence-electron chi connectivity index (χ3n) is 3.69. The second kappa shape index (κ2) is 6.51. The molecule has 3 aromatic rings. The summed E-state index contributed by atoms with van der Waals surface area (Å²) in [5.41, 5.74) is 8.41. The molecule has 0 aliphatic heterocycles. The van der Waals surface area contributed by atoms with Gasteiger partial charge in [-0.05, 0) is 17.5 Å². The average molecular weight is 367 g/mol. The van der Waals surface area contributed by atoms with E-state index in [2.05, 4.69) is 10.1 Å². The highest BCUT2D eigenvalue weighted by Gasteiger charge is 2.22. The van der Waals surface area contributed by atoms with Crippen LogP contribution in [0.3, 0.4) is 0 Å². The molecular weight excluding hydrogens is 348 g/mol. The van der Waals surface area contributed by atoms with Crippen molar-refractivity contribution < 1.29 is 5.11 Å². The zero-order valence-electron chi connectivity index (χ0n) is 13.6. The van der Waals surface area contributed by atoms with Crippen LogP contribution in [0.25, 0.3) is 16.2 Å². The van der Waals surface area contributed by atoms with Crippen LogP contribution in [0.1, 0.15) is 31.9 Å². The summed E-state index contributed by atoms with van der Waals surface area (Å²) < 4.78 is 1.63. The fraction of sp³-hybridized carbons (Fsp3) is 0.312. The van der Waals surface area contributed by atoms with Gasteiger partial charge < -0.3 is 10.8 Å². The summed E-state index contributed by atoms with van der Waals surface area (Å²) in [4.78, 5) is 15.8. The van der Waals surface area contributed by atoms with Gasteiger partial charge in [-0.2, -0.15) is 10.1 Å². The van der Waals surface area contributed by atoms with Crippen molar-refractivity contribution in [3.05, 3.63) is 45.2 Å². The van der Waals surface area contributed by atoms with E-state index >= 15 is 0 Å². The Kier molecular flexibility index (Phi) is 4.98. The number of phenolic OH excluding ortho intramolecular Hbond substituents is 1. The van der Waals surface area contributed by atoms with E-state index in [0.717, 1.165) is 16.8 Å². The number of nitrogens with zero attached hydrogens (tertiary/aromatic N) is 3. The summed E-state index contributed by atoms with van der Waals surface area (Å²) >= 11 is 1.35. The molecule has 0 radical (unpaired) electrons. The van der Waals surface area contributed by atoms with E-state index in [0.29, 0.717) is 10.5 Å². The van der Waals surface area contributed by atoms with Crippen molar-refractivity contribution in [2.24, 2.45) is 5.73 Å². The molecule has 1 aromatic carbocycles. The molecule has 128 valence electrons. The molecule has 0 spiro atoms. The van der Waals surface area contributed by atoms with Gasteiger partial charge in [0.05, 0.1) is 5.69 Å². The van der Waals surface area contributed by atoms with E-state index in [4.69, 9.17) is 5.73 Å². The van der Waals surface area contributed by atoms with Gasteiger partial charge in [-0.25, -0.2) is 4.52 Å². The molecule has 0 aliphatic rings. The number of aromatic hydroxyl groups is 1. The minimum absolute atomic E-state index is 0. The number of aromatic nitrogens is 3. The lowest BCUT2D eigenvalue weighted by Crippen LogP contribution is -2.14. The Morgan fingerprint density at radius 2 is 2.04 bits per heavy atom. The van der Waals surface area contributed by atoms with E-state index in [9.17, 15) is 9.90 Å². The van der Waals surface area contributed by atoms with Crippen molar-refractivity contribution in [3.63, 3.8) is 0 Å². The van der Waals surface area contributed by atoms with Gasteiger partial charge in [0.25, 0.3) is 5.56 Å². The maximum Gasteiger partial charge on any atom is 0.292 e. The highest BCUT2D eigenvalue weighted by Crippen LogP contribution is 2.37. The number of hydrogen-bond acceptors (Lipinski definition) is 6. The number of halogens is 1. The number of hydrogen-bond donors (Lipinski definition) is 2. The molecular formula is C16H19ClN4O2S. The summed E-state index contributed by atoms with van der Waals surface area (Å²) in [5, 5.41) is 16.5. The van der Waals surface area contributed by atoms with Gasteiger partial charge in [0.15, 0.2) is 0 Å². The van der Waals surface area contributed by atoms with E-state index in [1.807, 2.05) is 38.3 Å². The molecule has 0 aliphatic carbocycles. The molecule has 0 atom stereocenters. The van der Waals surface area contributed by atoms with Crippen LogP contribution in [0.5, 0.6) is 5.75 Å². The Morgan fingerprint density at radius 3 is 2.67 bits per heavy atom. The highest BCUT2D eigenvalue weighted by molar-refractivity contribution is 7.15. The van der Waals surface area contributed by atoms with Gasteiger partial charge in [0, 0.05) is 28.6 Å². The first kappa shape index (κ1) is 18.4. The van der Waals surface area contributed by atoms with E-state index < -0.39 is 0 Å². The number of fused-ring (bicyclic) bond motifs is 1. The number of thiazole rings is 1. The summed E-state index contributed by atoms with van der Waals surface area (Å²) in [6.45, 7) is 6.35. The predicted molar refractivity (Wildman–Crippen MR) is 98.1 cm³/mol. The maximum absolute atomic E-state index is 11.3. The predicted octanol–water partition coefficient (Wildman–Crippen LogP) is 2.70. The summed E-state index contributed by atoms with van der Waals surface area (Å²) in [7, 11) is 0. The molecule has 0 bridgehead atoms. The average Bonchev–Trinajstić information content (AvgIpc) is 2.89. The van der Waals surface area contributed by atoms with E-state index in [-0.39, 0.29) is 35.7 Å². The zero-order valence-corrected chi connectivity index (χ0v) is 15.2. The third kappa shape index (κ3) is 3.15. The monoisotopic (exact) mass is 366 g/mol. The first-order chi connectivity index (χ1) is 10.8. The molecule has 0 fully saturated rings. The zero-order chi connectivity index (χ0) is 16.8. The molecule has 2 heterocycles. The molecule has 24 heavy (non-hydrogen) atoms. The van der Waals surface area contributed by atoms with Gasteiger partial charge in [-0.15, -0.1) is 23.7 Å². The lowest BCUT2D eigenvalue weighted by molar-refractivity contribution is 0.440. The second-order valence-electron chi connectivity index (χ2n) is 6.40. The fourth-order valence-corrected chi connectivity index (χ4v) is 3.33. The van der Waals surface area contributed by atoms with E-state index in [1.54, 1.807) is 4.52 Å². The van der Waals surface area contributed by atoms with Crippen molar-refractivity contribution in [2.45, 2.75) is 32.7 Å². The molecule has 6 nitrogen and oxygen atoms in total. The van der Waals surface area contributed by atoms with Crippen molar-refractivity contribution >= 4 is 28.7 Å². The Bertz CT molecular complexity index is 943. The summed E-state index contributed by atoms with van der Waals surface area (Å²) in [6.07, 6.45) is 1.19. The SMILES string of the molecule is CC(C)(C)c1cc(-c2csc3nc(=O)cnn23)cc(CN)c1O.Cl. The normalized spacial score (nSPS) is 11.5. The molecule has 0 unspecified atom stereocenters. The maximum atomic E-state index is 11.3. The Hall–Kier alpha value is -1.96. The smallest absolute Gasteiger partial charge is 0.292 e. The van der Waals surface area contributed by atoms with Crippen molar-refractivity contribution in [3.8, 4) is 17.0 Å². The van der Waals surface area contributed by atoms with Crippen molar-refractivity contribution in [1.29, 1.82) is 0 Å². The molecule has 0 saturated carbocycles. The van der Waals surface area contributed by atoms with Gasteiger partial charge in [0.2, 0.25) is 4.96 Å². The summed E-state index contributed by atoms with van der Waals surface area (Å²) in [5.74, 6) is 0.237. The highest BCUT2D eigenvalue weighted by atomic mass is 35.5. The van der Waals surface area contributed by atoms with Gasteiger partial charge in [-0.1, -0.05) is 20.8 Å². The number of nitrogens with two attached hydrogens (primary N) is 1. The Morgan fingerprint density at radius 1 is 1.33 bits per heavy atom. The number of rotatable bonds is 2. The standard InChI is InChI=1S/C16H18N4O2S.ClH/c1-16(2,3)11-5-9(4-10(6-17)14(11)22)12-8-23-15-19-13(21)7-18-20(12)15;/h4-5,7-8,22H,6,17H2,1-3H3;1H. The lowest BCUT2D eigenvalue weighted by atomic mass is 9.83. The molecule has 3 rings (SSSR count).